The summed E-state index contributed by atoms with van der Waals surface area (Å²) in [5.74, 6) is 3.40. The van der Waals surface area contributed by atoms with Crippen molar-refractivity contribution in [1.29, 1.82) is 0 Å². The van der Waals surface area contributed by atoms with Gasteiger partial charge in [0.05, 0.1) is 0 Å². The van der Waals surface area contributed by atoms with E-state index in [1.807, 2.05) is 0 Å². The Morgan fingerprint density at radius 2 is 1.69 bits per heavy atom. The third-order valence-corrected chi connectivity index (χ3v) is 6.99. The molecule has 1 aliphatic heterocycles. The maximum Gasteiger partial charge on any atom is 0.0196 e. The van der Waals surface area contributed by atoms with E-state index in [4.69, 9.17) is 0 Å². The van der Waals surface area contributed by atoms with Gasteiger partial charge in [0.2, 0.25) is 0 Å². The summed E-state index contributed by atoms with van der Waals surface area (Å²) in [6, 6.07) is 0. The molecule has 1 fully saturated rings. The fourth-order valence-corrected chi connectivity index (χ4v) is 5.59. The van der Waals surface area contributed by atoms with E-state index in [0.29, 0.717) is 0 Å². The summed E-state index contributed by atoms with van der Waals surface area (Å²) in [4.78, 5) is 1.51. The summed E-state index contributed by atoms with van der Waals surface area (Å²) < 4.78 is 1.49. The molecule has 0 aromatic carbocycles. The highest BCUT2D eigenvalue weighted by molar-refractivity contribution is 9.11. The summed E-state index contributed by atoms with van der Waals surface area (Å²) in [5.41, 5.74) is 0. The third-order valence-electron chi connectivity index (χ3n) is 4.04. The zero-order chi connectivity index (χ0) is 9.75. The summed E-state index contributed by atoms with van der Waals surface area (Å²) in [6.45, 7) is 9.48. The summed E-state index contributed by atoms with van der Waals surface area (Å²) in [6.07, 6.45) is 0. The van der Waals surface area contributed by atoms with Crippen LogP contribution in [0.2, 0.25) is 0 Å². The second kappa shape index (κ2) is 3.30. The molecule has 0 amide bonds. The summed E-state index contributed by atoms with van der Waals surface area (Å²) >= 11 is 5.86. The molecule has 1 saturated carbocycles. The van der Waals surface area contributed by atoms with Crippen LogP contribution in [0.1, 0.15) is 27.7 Å². The second-order valence-corrected chi connectivity index (χ2v) is 6.84. The van der Waals surface area contributed by atoms with Gasteiger partial charge >= 0.3 is 0 Å². The van der Waals surface area contributed by atoms with Crippen LogP contribution < -0.4 is 0 Å². The monoisotopic (exact) mass is 260 g/mol. The molecule has 0 N–H and O–H groups in total. The molecule has 1 aliphatic carbocycles. The van der Waals surface area contributed by atoms with Crippen molar-refractivity contribution in [2.75, 3.05) is 0 Å². The first-order valence-electron chi connectivity index (χ1n) is 5.07. The van der Waals surface area contributed by atoms with Crippen LogP contribution in [0.5, 0.6) is 0 Å². The number of hydrogen-bond acceptors (Lipinski definition) is 1. The Balaban J connectivity index is 2.31. The number of hydrogen-bond donors (Lipinski definition) is 0. The van der Waals surface area contributed by atoms with Gasteiger partial charge in [-0.1, -0.05) is 36.7 Å². The lowest BCUT2D eigenvalue weighted by Gasteiger charge is -2.17. The Bertz CT molecular complexity index is 259. The van der Waals surface area contributed by atoms with Gasteiger partial charge in [-0.3, -0.25) is 0 Å². The predicted molar refractivity (Wildman–Crippen MR) is 64.0 cm³/mol. The molecule has 0 bridgehead atoms. The summed E-state index contributed by atoms with van der Waals surface area (Å²) in [7, 11) is 0. The molecule has 0 nitrogen and oxygen atoms in total. The highest BCUT2D eigenvalue weighted by Crippen LogP contribution is 2.58. The number of thioether (sulfide) groups is 1. The molecule has 13 heavy (non-hydrogen) atoms. The Morgan fingerprint density at radius 3 is 2.23 bits per heavy atom. The van der Waals surface area contributed by atoms with Crippen LogP contribution in [0.15, 0.2) is 9.39 Å². The molecule has 5 atom stereocenters. The predicted octanol–water partition coefficient (Wildman–Crippen LogP) is 4.27. The molecule has 0 saturated heterocycles. The van der Waals surface area contributed by atoms with Crippen LogP contribution in [0.4, 0.5) is 0 Å². The summed E-state index contributed by atoms with van der Waals surface area (Å²) in [5, 5.41) is 0.847. The first-order valence-corrected chi connectivity index (χ1v) is 6.74. The molecule has 2 aliphatic rings. The molecule has 2 rings (SSSR count). The number of halogens is 1. The molecule has 0 aromatic rings. The third kappa shape index (κ3) is 1.32. The molecular weight excluding hydrogens is 244 g/mol. The van der Waals surface area contributed by atoms with Crippen molar-refractivity contribution < 1.29 is 0 Å². The molecule has 0 radical (unpaired) electrons. The van der Waals surface area contributed by atoms with Crippen LogP contribution in [-0.2, 0) is 0 Å². The SMILES string of the molecule is CC1=C(Br)C2C(C)C(C)C(C)C2S1. The fraction of sp³-hybridized carbons (Fsp3) is 0.818. The Kier molecular flexibility index (Phi) is 2.57. The highest BCUT2D eigenvalue weighted by atomic mass is 79.9. The van der Waals surface area contributed by atoms with Crippen LogP contribution in [0.25, 0.3) is 0 Å². The van der Waals surface area contributed by atoms with E-state index in [-0.39, 0.29) is 0 Å². The number of fused-ring (bicyclic) bond motifs is 1. The van der Waals surface area contributed by atoms with Gasteiger partial charge in [-0.15, -0.1) is 11.8 Å². The molecule has 0 aromatic heterocycles. The average molecular weight is 261 g/mol. The van der Waals surface area contributed by atoms with Gasteiger partial charge in [0.15, 0.2) is 0 Å². The minimum atomic E-state index is 0.801. The lowest BCUT2D eigenvalue weighted by atomic mass is 9.91. The number of rotatable bonds is 0. The van der Waals surface area contributed by atoms with Gasteiger partial charge in [0.25, 0.3) is 0 Å². The van der Waals surface area contributed by atoms with Crippen LogP contribution in [0.3, 0.4) is 0 Å². The van der Waals surface area contributed by atoms with Gasteiger partial charge < -0.3 is 0 Å². The maximum atomic E-state index is 3.76. The quantitative estimate of drug-likeness (QED) is 0.627. The van der Waals surface area contributed by atoms with Crippen LogP contribution in [-0.4, -0.2) is 5.25 Å². The van der Waals surface area contributed by atoms with E-state index in [1.54, 1.807) is 0 Å². The van der Waals surface area contributed by atoms with Crippen molar-refractivity contribution in [3.8, 4) is 0 Å². The molecule has 2 heteroatoms. The van der Waals surface area contributed by atoms with Gasteiger partial charge in [-0.2, -0.15) is 0 Å². The van der Waals surface area contributed by atoms with Crippen molar-refractivity contribution in [3.05, 3.63) is 9.39 Å². The molecule has 74 valence electrons. The van der Waals surface area contributed by atoms with E-state index >= 15 is 0 Å². The van der Waals surface area contributed by atoms with Gasteiger partial charge in [-0.05, 0) is 29.6 Å². The van der Waals surface area contributed by atoms with E-state index < -0.39 is 0 Å². The molecule has 0 spiro atoms. The van der Waals surface area contributed by atoms with E-state index in [0.717, 1.165) is 28.9 Å². The normalized spacial score (nSPS) is 50.1. The first-order chi connectivity index (χ1) is 6.04. The van der Waals surface area contributed by atoms with Crippen LogP contribution >= 0.6 is 27.7 Å². The second-order valence-electron chi connectivity index (χ2n) is 4.59. The van der Waals surface area contributed by atoms with E-state index in [2.05, 4.69) is 55.4 Å². The highest BCUT2D eigenvalue weighted by Gasteiger charge is 2.49. The molecular formula is C11H17BrS. The molecule has 5 unspecified atom stereocenters. The van der Waals surface area contributed by atoms with E-state index in [1.165, 1.54) is 9.39 Å². The lowest BCUT2D eigenvalue weighted by molar-refractivity contribution is 0.362. The Hall–Kier alpha value is 0.570. The van der Waals surface area contributed by atoms with Crippen LogP contribution in [0, 0.1) is 23.7 Å². The Morgan fingerprint density at radius 1 is 1.08 bits per heavy atom. The topological polar surface area (TPSA) is 0 Å². The van der Waals surface area contributed by atoms with Crippen molar-refractivity contribution >= 4 is 27.7 Å². The number of allylic oxidation sites excluding steroid dienone is 2. The van der Waals surface area contributed by atoms with Crippen molar-refractivity contribution in [1.82, 2.24) is 0 Å². The first kappa shape index (κ1) is 10.1. The van der Waals surface area contributed by atoms with Crippen molar-refractivity contribution in [2.45, 2.75) is 32.9 Å². The minimum absolute atomic E-state index is 0.801. The standard InChI is InChI=1S/C11H17BrS/c1-5-6(2)9-10(12)8(4)13-11(9)7(5)3/h5-7,9,11H,1-4H3. The smallest absolute Gasteiger partial charge is 0.0196 e. The van der Waals surface area contributed by atoms with Crippen molar-refractivity contribution in [2.24, 2.45) is 23.7 Å². The van der Waals surface area contributed by atoms with Gasteiger partial charge in [0.1, 0.15) is 0 Å². The van der Waals surface area contributed by atoms with Crippen molar-refractivity contribution in [3.63, 3.8) is 0 Å². The molecule has 1 heterocycles. The largest absolute Gasteiger partial charge is 0.126 e. The minimum Gasteiger partial charge on any atom is -0.126 e. The zero-order valence-corrected chi connectivity index (χ0v) is 11.1. The Labute approximate surface area is 93.7 Å². The van der Waals surface area contributed by atoms with E-state index in [9.17, 15) is 0 Å². The zero-order valence-electron chi connectivity index (χ0n) is 8.67. The lowest BCUT2D eigenvalue weighted by Crippen LogP contribution is -2.13. The van der Waals surface area contributed by atoms with Gasteiger partial charge in [0, 0.05) is 15.7 Å². The van der Waals surface area contributed by atoms with Gasteiger partial charge in [-0.25, -0.2) is 0 Å². The maximum absolute atomic E-state index is 3.76. The fourth-order valence-electron chi connectivity index (χ4n) is 2.78. The average Bonchev–Trinajstić information content (AvgIpc) is 2.48.